The van der Waals surface area contributed by atoms with Gasteiger partial charge in [-0.25, -0.2) is 14.2 Å². The number of nitrogens with one attached hydrogen (secondary N) is 3. The minimum absolute atomic E-state index is 0.0210. The van der Waals surface area contributed by atoms with Crippen molar-refractivity contribution in [3.63, 3.8) is 0 Å². The summed E-state index contributed by atoms with van der Waals surface area (Å²) in [4.78, 5) is 68.0. The van der Waals surface area contributed by atoms with Gasteiger partial charge >= 0.3 is 11.7 Å². The third-order valence-corrected chi connectivity index (χ3v) is 6.84. The first-order valence-electron chi connectivity index (χ1n) is 13.1. The molecule has 1 heterocycles. The number of hydrogen-bond acceptors (Lipinski definition) is 5. The lowest BCUT2D eigenvalue weighted by Gasteiger charge is -2.27. The lowest BCUT2D eigenvalue weighted by Crippen LogP contribution is -2.55. The summed E-state index contributed by atoms with van der Waals surface area (Å²) in [7, 11) is 0. The highest BCUT2D eigenvalue weighted by Gasteiger charge is 2.33. The lowest BCUT2D eigenvalue weighted by atomic mass is 9.97. The zero-order valence-electron chi connectivity index (χ0n) is 22.6. The van der Waals surface area contributed by atoms with E-state index in [2.05, 4.69) is 15.6 Å². The molecule has 0 radical (unpaired) electrons. The fraction of sp³-hybridized carbons (Fsp3) is 0.414. The molecule has 4 atom stereocenters. The molecule has 4 N–H and O–H groups in total. The molecule has 3 rings (SSSR count). The first kappa shape index (κ1) is 29.3. The van der Waals surface area contributed by atoms with E-state index in [-0.39, 0.29) is 30.1 Å². The van der Waals surface area contributed by atoms with Crippen LogP contribution in [-0.4, -0.2) is 44.5 Å². The van der Waals surface area contributed by atoms with Crippen LogP contribution in [0.1, 0.15) is 52.1 Å². The molecule has 2 amide bonds. The minimum atomic E-state index is -1.26. The molecule has 1 aromatic heterocycles. The number of carboxylic acid groups (broad SMARTS) is 1. The van der Waals surface area contributed by atoms with Crippen molar-refractivity contribution in [3.8, 4) is 0 Å². The molecule has 1 unspecified atom stereocenters. The van der Waals surface area contributed by atoms with Crippen molar-refractivity contribution in [1.82, 2.24) is 20.2 Å². The predicted molar refractivity (Wildman–Crippen MR) is 148 cm³/mol. The number of para-hydroxylation sites is 1. The molecular weight excluding hydrogens is 500 g/mol. The molecule has 208 valence electrons. The number of benzene rings is 2. The molecular formula is C29H36N4O6. The number of carboxylic acids is 1. The molecule has 10 heteroatoms. The number of hydrogen-bond donors (Lipinski definition) is 4. The highest BCUT2D eigenvalue weighted by Crippen LogP contribution is 2.16. The number of rotatable bonds is 12. The second-order valence-corrected chi connectivity index (χ2v) is 10.3. The molecule has 0 spiro atoms. The first-order valence-corrected chi connectivity index (χ1v) is 13.1. The Morgan fingerprint density at radius 2 is 1.56 bits per heavy atom. The first-order chi connectivity index (χ1) is 18.5. The van der Waals surface area contributed by atoms with E-state index in [1.54, 1.807) is 55.5 Å². The second-order valence-electron chi connectivity index (χ2n) is 10.3. The molecule has 2 aromatic carbocycles. The number of aromatic nitrogens is 2. The van der Waals surface area contributed by atoms with Gasteiger partial charge in [0.05, 0.1) is 10.9 Å². The van der Waals surface area contributed by atoms with Crippen LogP contribution < -0.4 is 21.9 Å². The Bertz CT molecular complexity index is 1430. The van der Waals surface area contributed by atoms with Crippen LogP contribution in [0.5, 0.6) is 0 Å². The van der Waals surface area contributed by atoms with Gasteiger partial charge < -0.3 is 20.7 Å². The van der Waals surface area contributed by atoms with Crippen LogP contribution in [-0.2, 0) is 20.8 Å². The fourth-order valence-corrected chi connectivity index (χ4v) is 4.51. The summed E-state index contributed by atoms with van der Waals surface area (Å²) in [5.74, 6) is -2.85. The Labute approximate surface area is 226 Å². The van der Waals surface area contributed by atoms with Gasteiger partial charge in [0.2, 0.25) is 11.8 Å². The Balaban J connectivity index is 2.02. The van der Waals surface area contributed by atoms with Crippen LogP contribution >= 0.6 is 0 Å². The molecule has 0 aliphatic carbocycles. The van der Waals surface area contributed by atoms with Crippen LogP contribution in [0.2, 0.25) is 0 Å². The number of carbonyl (C=O) groups excluding carboxylic acids is 2. The van der Waals surface area contributed by atoms with Crippen LogP contribution in [0.4, 0.5) is 0 Å². The van der Waals surface area contributed by atoms with Crippen molar-refractivity contribution in [2.75, 3.05) is 0 Å². The van der Waals surface area contributed by atoms with Gasteiger partial charge in [-0.05, 0) is 36.0 Å². The zero-order valence-corrected chi connectivity index (χ0v) is 22.6. The van der Waals surface area contributed by atoms with Gasteiger partial charge in [-0.2, -0.15) is 0 Å². The topological polar surface area (TPSA) is 150 Å². The molecule has 0 bridgehead atoms. The van der Waals surface area contributed by atoms with Crippen LogP contribution in [0, 0.1) is 11.8 Å². The van der Waals surface area contributed by atoms with Crippen molar-refractivity contribution in [3.05, 3.63) is 81.0 Å². The van der Waals surface area contributed by atoms with Crippen molar-refractivity contribution >= 4 is 28.7 Å². The molecule has 0 aliphatic heterocycles. The van der Waals surface area contributed by atoms with E-state index in [0.29, 0.717) is 17.5 Å². The van der Waals surface area contributed by atoms with Crippen molar-refractivity contribution in [2.24, 2.45) is 11.8 Å². The van der Waals surface area contributed by atoms with E-state index in [0.717, 1.165) is 4.57 Å². The Morgan fingerprint density at radius 1 is 0.923 bits per heavy atom. The second kappa shape index (κ2) is 13.0. The average molecular weight is 537 g/mol. The van der Waals surface area contributed by atoms with Gasteiger partial charge in [-0.3, -0.25) is 14.4 Å². The van der Waals surface area contributed by atoms with E-state index < -0.39 is 47.2 Å². The number of aromatic amines is 1. The van der Waals surface area contributed by atoms with E-state index in [1.165, 1.54) is 0 Å². The van der Waals surface area contributed by atoms with Crippen LogP contribution in [0.3, 0.4) is 0 Å². The van der Waals surface area contributed by atoms with E-state index in [9.17, 15) is 29.1 Å². The summed E-state index contributed by atoms with van der Waals surface area (Å²) in [6.07, 6.45) is 0.783. The van der Waals surface area contributed by atoms with Gasteiger partial charge in [-0.15, -0.1) is 0 Å². The fourth-order valence-electron chi connectivity index (χ4n) is 4.51. The third-order valence-electron chi connectivity index (χ3n) is 6.84. The monoisotopic (exact) mass is 536 g/mol. The number of carbonyl (C=O) groups is 3. The summed E-state index contributed by atoms with van der Waals surface area (Å²) in [5, 5.41) is 15.2. The molecule has 3 aromatic rings. The summed E-state index contributed by atoms with van der Waals surface area (Å²) in [5.41, 5.74) is -0.311. The Kier molecular flexibility index (Phi) is 9.81. The van der Waals surface area contributed by atoms with Gasteiger partial charge in [0, 0.05) is 6.42 Å². The number of amides is 2. The summed E-state index contributed by atoms with van der Waals surface area (Å²) in [6, 6.07) is 12.0. The van der Waals surface area contributed by atoms with Crippen molar-refractivity contribution in [2.45, 2.75) is 65.1 Å². The largest absolute Gasteiger partial charge is 0.480 e. The number of aliphatic carboxylic acids is 1. The van der Waals surface area contributed by atoms with Gasteiger partial charge in [-0.1, -0.05) is 76.6 Å². The van der Waals surface area contributed by atoms with Crippen LogP contribution in [0.15, 0.2) is 64.2 Å². The minimum Gasteiger partial charge on any atom is -0.480 e. The van der Waals surface area contributed by atoms with Gasteiger partial charge in [0.15, 0.2) is 0 Å². The summed E-state index contributed by atoms with van der Waals surface area (Å²) >= 11 is 0. The summed E-state index contributed by atoms with van der Waals surface area (Å²) in [6.45, 7) is 7.29. The normalized spacial score (nSPS) is 14.4. The highest BCUT2D eigenvalue weighted by atomic mass is 16.4. The highest BCUT2D eigenvalue weighted by molar-refractivity contribution is 5.91. The molecule has 0 aliphatic rings. The Morgan fingerprint density at radius 3 is 2.18 bits per heavy atom. The summed E-state index contributed by atoms with van der Waals surface area (Å²) < 4.78 is 0.883. The average Bonchev–Trinajstić information content (AvgIpc) is 2.90. The number of nitrogens with zero attached hydrogens (tertiary/aromatic N) is 1. The SMILES string of the molecule is CCC(C)[C@H](NC(=O)[C@H](CC(C)C)NC(=O)[C@H](Cc1ccccc1)n1c(=O)[nH]c2ccccc2c1=O)C(=O)O. The van der Waals surface area contributed by atoms with Gasteiger partial charge in [0.25, 0.3) is 5.56 Å². The maximum absolute atomic E-state index is 13.8. The smallest absolute Gasteiger partial charge is 0.329 e. The Hall–Kier alpha value is -4.21. The molecule has 0 fully saturated rings. The van der Waals surface area contributed by atoms with Crippen molar-refractivity contribution < 1.29 is 19.5 Å². The maximum Gasteiger partial charge on any atom is 0.329 e. The van der Waals surface area contributed by atoms with E-state index in [1.807, 2.05) is 26.8 Å². The van der Waals surface area contributed by atoms with Crippen molar-refractivity contribution in [1.29, 1.82) is 0 Å². The lowest BCUT2D eigenvalue weighted by molar-refractivity contribution is -0.143. The molecule has 0 saturated heterocycles. The predicted octanol–water partition coefficient (Wildman–Crippen LogP) is 2.62. The quantitative estimate of drug-likeness (QED) is 0.279. The maximum atomic E-state index is 13.8. The molecule has 0 saturated carbocycles. The molecule has 39 heavy (non-hydrogen) atoms. The van der Waals surface area contributed by atoms with Gasteiger partial charge in [0.1, 0.15) is 18.1 Å². The number of fused-ring (bicyclic) bond motifs is 1. The third kappa shape index (κ3) is 7.22. The van der Waals surface area contributed by atoms with Crippen LogP contribution in [0.25, 0.3) is 10.9 Å². The van der Waals surface area contributed by atoms with E-state index >= 15 is 0 Å². The van der Waals surface area contributed by atoms with E-state index in [4.69, 9.17) is 0 Å². The zero-order chi connectivity index (χ0) is 28.7. The standard InChI is InChI=1S/C29H36N4O6/c1-5-18(4)24(28(37)38)32-25(34)22(15-17(2)3)30-26(35)23(16-19-11-7-6-8-12-19)33-27(36)20-13-9-10-14-21(20)31-29(33)39/h6-14,17-18,22-24H,5,15-16H2,1-4H3,(H,30,35)(H,31,39)(H,32,34)(H,37,38)/t18?,22-,23-,24-/m0/s1. The number of H-pyrrole nitrogens is 1. The molecule has 10 nitrogen and oxygen atoms in total.